The number of nitrogens with zero attached hydrogens (tertiary/aromatic N) is 1. The first-order valence-corrected chi connectivity index (χ1v) is 7.71. The van der Waals surface area contributed by atoms with E-state index in [1.807, 2.05) is 30.3 Å². The first-order valence-electron chi connectivity index (χ1n) is 7.71. The molecule has 0 unspecified atom stereocenters. The number of para-hydroxylation sites is 1. The molecule has 114 valence electrons. The molecular weight excluding hydrogens is 288 g/mol. The van der Waals surface area contributed by atoms with Gasteiger partial charge in [-0.25, -0.2) is 4.98 Å². The maximum Gasteiger partial charge on any atom is 0.252 e. The first-order chi connectivity index (χ1) is 11.2. The smallest absolute Gasteiger partial charge is 0.252 e. The van der Waals surface area contributed by atoms with Crippen molar-refractivity contribution in [1.82, 2.24) is 10.3 Å². The lowest BCUT2D eigenvalue weighted by Gasteiger charge is -2.10. The maximum absolute atomic E-state index is 12.6. The average Bonchev–Trinajstić information content (AvgIpc) is 3.38. The summed E-state index contributed by atoms with van der Waals surface area (Å²) in [7, 11) is 0. The van der Waals surface area contributed by atoms with Gasteiger partial charge in [-0.15, -0.1) is 0 Å². The summed E-state index contributed by atoms with van der Waals surface area (Å²) in [6.45, 7) is 0. The Morgan fingerprint density at radius 2 is 1.83 bits per heavy atom. The van der Waals surface area contributed by atoms with Crippen LogP contribution < -0.4 is 5.32 Å². The SMILES string of the molecule is O=C(NC1CC1)c1cc(-c2ccc(O)cc2)nc2ccccc12. The van der Waals surface area contributed by atoms with Crippen LogP contribution in [0, 0.1) is 0 Å². The number of phenolic OH excluding ortho intramolecular Hbond substituents is 1. The van der Waals surface area contributed by atoms with Crippen LogP contribution >= 0.6 is 0 Å². The third-order valence-electron chi connectivity index (χ3n) is 4.04. The van der Waals surface area contributed by atoms with E-state index in [2.05, 4.69) is 10.3 Å². The molecule has 3 aromatic rings. The molecule has 2 aromatic carbocycles. The minimum Gasteiger partial charge on any atom is -0.508 e. The number of benzene rings is 2. The summed E-state index contributed by atoms with van der Waals surface area (Å²) >= 11 is 0. The highest BCUT2D eigenvalue weighted by Gasteiger charge is 2.25. The number of pyridine rings is 1. The van der Waals surface area contributed by atoms with Crippen molar-refractivity contribution in [2.45, 2.75) is 18.9 Å². The summed E-state index contributed by atoms with van der Waals surface area (Å²) in [5.74, 6) is 0.160. The zero-order valence-corrected chi connectivity index (χ0v) is 12.5. The Hall–Kier alpha value is -2.88. The molecular formula is C19H16N2O2. The van der Waals surface area contributed by atoms with Gasteiger partial charge in [-0.1, -0.05) is 18.2 Å². The number of carbonyl (C=O) groups excluding carboxylic acids is 1. The Morgan fingerprint density at radius 3 is 2.57 bits per heavy atom. The molecule has 23 heavy (non-hydrogen) atoms. The van der Waals surface area contributed by atoms with Crippen LogP contribution in [0.4, 0.5) is 0 Å². The minimum absolute atomic E-state index is 0.0499. The van der Waals surface area contributed by atoms with Gasteiger partial charge in [-0.2, -0.15) is 0 Å². The van der Waals surface area contributed by atoms with Gasteiger partial charge in [0.15, 0.2) is 0 Å². The summed E-state index contributed by atoms with van der Waals surface area (Å²) in [4.78, 5) is 17.2. The quantitative estimate of drug-likeness (QED) is 0.778. The summed E-state index contributed by atoms with van der Waals surface area (Å²) in [6.07, 6.45) is 2.11. The van der Waals surface area contributed by atoms with Gasteiger partial charge >= 0.3 is 0 Å². The Kier molecular flexibility index (Phi) is 3.23. The number of aromatic nitrogens is 1. The molecule has 1 aromatic heterocycles. The molecule has 1 fully saturated rings. The molecule has 1 saturated carbocycles. The van der Waals surface area contributed by atoms with Crippen LogP contribution in [0.15, 0.2) is 54.6 Å². The van der Waals surface area contributed by atoms with Crippen molar-refractivity contribution < 1.29 is 9.90 Å². The predicted octanol–water partition coefficient (Wildman–Crippen LogP) is 3.50. The molecule has 1 heterocycles. The lowest BCUT2D eigenvalue weighted by atomic mass is 10.0. The van der Waals surface area contributed by atoms with Gasteiger partial charge in [0.2, 0.25) is 0 Å². The summed E-state index contributed by atoms with van der Waals surface area (Å²) < 4.78 is 0. The number of amides is 1. The number of rotatable bonds is 3. The summed E-state index contributed by atoms with van der Waals surface area (Å²) in [5, 5.41) is 13.3. The highest BCUT2D eigenvalue weighted by atomic mass is 16.3. The van der Waals surface area contributed by atoms with E-state index in [9.17, 15) is 9.90 Å². The second-order valence-electron chi connectivity index (χ2n) is 5.87. The van der Waals surface area contributed by atoms with E-state index in [1.165, 1.54) is 0 Å². The van der Waals surface area contributed by atoms with E-state index in [0.717, 1.165) is 35.0 Å². The van der Waals surface area contributed by atoms with Gasteiger partial charge in [0.25, 0.3) is 5.91 Å². The van der Waals surface area contributed by atoms with Crippen LogP contribution in [-0.2, 0) is 0 Å². The molecule has 0 radical (unpaired) electrons. The number of nitrogens with one attached hydrogen (secondary N) is 1. The molecule has 0 spiro atoms. The topological polar surface area (TPSA) is 62.2 Å². The highest BCUT2D eigenvalue weighted by Crippen LogP contribution is 2.27. The van der Waals surface area contributed by atoms with Crippen LogP contribution in [0.25, 0.3) is 22.2 Å². The number of phenols is 1. The fourth-order valence-corrected chi connectivity index (χ4v) is 2.63. The summed E-state index contributed by atoms with van der Waals surface area (Å²) in [6, 6.07) is 16.6. The number of fused-ring (bicyclic) bond motifs is 1. The molecule has 4 rings (SSSR count). The largest absolute Gasteiger partial charge is 0.508 e. The molecule has 0 bridgehead atoms. The number of hydrogen-bond acceptors (Lipinski definition) is 3. The maximum atomic E-state index is 12.6. The molecule has 4 heteroatoms. The fourth-order valence-electron chi connectivity index (χ4n) is 2.63. The molecule has 0 aliphatic heterocycles. The highest BCUT2D eigenvalue weighted by molar-refractivity contribution is 6.07. The zero-order valence-electron chi connectivity index (χ0n) is 12.5. The van der Waals surface area contributed by atoms with Gasteiger partial charge in [-0.3, -0.25) is 4.79 Å². The first kappa shape index (κ1) is 13.8. The van der Waals surface area contributed by atoms with Crippen LogP contribution in [0.2, 0.25) is 0 Å². The third-order valence-corrected chi connectivity index (χ3v) is 4.04. The molecule has 1 aliphatic rings. The molecule has 0 atom stereocenters. The van der Waals surface area contributed by atoms with Crippen LogP contribution in [0.3, 0.4) is 0 Å². The van der Waals surface area contributed by atoms with Gasteiger partial charge in [0.1, 0.15) is 5.75 Å². The lowest BCUT2D eigenvalue weighted by molar-refractivity contribution is 0.0952. The third kappa shape index (κ3) is 2.75. The minimum atomic E-state index is -0.0499. The standard InChI is InChI=1S/C19H16N2O2/c22-14-9-5-12(6-10-14)18-11-16(19(23)20-13-7-8-13)15-3-1-2-4-17(15)21-18/h1-6,9-11,13,22H,7-8H2,(H,20,23). The predicted molar refractivity (Wildman–Crippen MR) is 89.3 cm³/mol. The van der Waals surface area contributed by atoms with E-state index in [1.54, 1.807) is 24.3 Å². The number of hydrogen-bond donors (Lipinski definition) is 2. The van der Waals surface area contributed by atoms with E-state index in [4.69, 9.17) is 0 Å². The normalized spacial score (nSPS) is 13.9. The molecule has 1 aliphatic carbocycles. The van der Waals surface area contributed by atoms with Crippen LogP contribution in [0.5, 0.6) is 5.75 Å². The Morgan fingerprint density at radius 1 is 1.09 bits per heavy atom. The van der Waals surface area contributed by atoms with Gasteiger partial charge in [-0.05, 0) is 49.2 Å². The van der Waals surface area contributed by atoms with Crippen molar-refractivity contribution in [3.8, 4) is 17.0 Å². The van der Waals surface area contributed by atoms with Crippen molar-refractivity contribution >= 4 is 16.8 Å². The fraction of sp³-hybridized carbons (Fsp3) is 0.158. The Labute approximate surface area is 133 Å². The van der Waals surface area contributed by atoms with E-state index in [-0.39, 0.29) is 11.7 Å². The Balaban J connectivity index is 1.85. The van der Waals surface area contributed by atoms with Gasteiger partial charge in [0.05, 0.1) is 16.8 Å². The molecule has 4 nitrogen and oxygen atoms in total. The van der Waals surface area contributed by atoms with Crippen molar-refractivity contribution in [1.29, 1.82) is 0 Å². The van der Waals surface area contributed by atoms with Crippen molar-refractivity contribution in [2.24, 2.45) is 0 Å². The lowest BCUT2D eigenvalue weighted by Crippen LogP contribution is -2.25. The molecule has 2 N–H and O–H groups in total. The van der Waals surface area contributed by atoms with E-state index >= 15 is 0 Å². The Bertz CT molecular complexity index is 884. The van der Waals surface area contributed by atoms with Crippen molar-refractivity contribution in [2.75, 3.05) is 0 Å². The van der Waals surface area contributed by atoms with Gasteiger partial charge in [0, 0.05) is 17.0 Å². The van der Waals surface area contributed by atoms with Gasteiger partial charge < -0.3 is 10.4 Å². The van der Waals surface area contributed by atoms with Crippen LogP contribution in [-0.4, -0.2) is 22.0 Å². The summed E-state index contributed by atoms with van der Waals surface area (Å²) in [5.41, 5.74) is 3.03. The molecule has 1 amide bonds. The van der Waals surface area contributed by atoms with E-state index in [0.29, 0.717) is 11.6 Å². The van der Waals surface area contributed by atoms with Crippen molar-refractivity contribution in [3.05, 3.63) is 60.2 Å². The molecule has 0 saturated heterocycles. The monoisotopic (exact) mass is 304 g/mol. The number of aromatic hydroxyl groups is 1. The second kappa shape index (κ2) is 5.39. The van der Waals surface area contributed by atoms with E-state index < -0.39 is 0 Å². The second-order valence-corrected chi connectivity index (χ2v) is 5.87. The average molecular weight is 304 g/mol. The van der Waals surface area contributed by atoms with Crippen LogP contribution in [0.1, 0.15) is 23.2 Å². The number of carbonyl (C=O) groups is 1. The van der Waals surface area contributed by atoms with Crippen molar-refractivity contribution in [3.63, 3.8) is 0 Å². The zero-order chi connectivity index (χ0) is 15.8.